The van der Waals surface area contributed by atoms with Crippen molar-refractivity contribution in [2.24, 2.45) is 0 Å². The molecule has 4 nitrogen and oxygen atoms in total. The first-order chi connectivity index (χ1) is 4.83. The maximum Gasteiger partial charge on any atom is 0.264 e. The van der Waals surface area contributed by atoms with Crippen LogP contribution in [0.4, 0.5) is 0 Å². The monoisotopic (exact) mass is 177 g/mol. The van der Waals surface area contributed by atoms with Crippen LogP contribution in [0.3, 0.4) is 0 Å². The molecule has 1 rings (SSSR count). The van der Waals surface area contributed by atoms with Crippen molar-refractivity contribution in [3.05, 3.63) is 11.8 Å². The molecule has 0 fully saturated rings. The molecule has 0 saturated heterocycles. The molecule has 11 heavy (non-hydrogen) atoms. The van der Waals surface area contributed by atoms with Crippen molar-refractivity contribution < 1.29 is 9.20 Å². The number of halogens is 1. The Morgan fingerprint density at radius 2 is 2.45 bits per heavy atom. The largest absolute Gasteiger partial charge is 0.487 e. The molecule has 1 heterocycles. The first-order valence-electron chi connectivity index (χ1n) is 3.41. The summed E-state index contributed by atoms with van der Waals surface area (Å²) >= 11 is 0. The zero-order valence-corrected chi connectivity index (χ0v) is 7.23. The summed E-state index contributed by atoms with van der Waals surface area (Å²) in [5.41, 5.74) is 0.121. The van der Waals surface area contributed by atoms with Crippen LogP contribution < -0.4 is 15.5 Å². The van der Waals surface area contributed by atoms with E-state index in [1.807, 2.05) is 0 Å². The molecule has 0 atom stereocenters. The predicted octanol–water partition coefficient (Wildman–Crippen LogP) is 0.226. The van der Waals surface area contributed by atoms with Gasteiger partial charge in [0.15, 0.2) is 0 Å². The number of hydrogen-bond donors (Lipinski definition) is 1. The number of rotatable bonds is 3. The van der Waals surface area contributed by atoms with E-state index in [2.05, 4.69) is 16.7 Å². The molecule has 0 bridgehead atoms. The van der Waals surface area contributed by atoms with Crippen molar-refractivity contribution >= 4 is 12.4 Å². The summed E-state index contributed by atoms with van der Waals surface area (Å²) in [6.07, 6.45) is 3.79. The Labute approximate surface area is 71.1 Å². The van der Waals surface area contributed by atoms with Gasteiger partial charge in [-0.25, -0.2) is 4.68 Å². The summed E-state index contributed by atoms with van der Waals surface area (Å²) in [5.74, 6) is 0. The maximum atomic E-state index is 7.00. The zero-order chi connectivity index (χ0) is 7.40. The molecule has 0 spiro atoms. The Kier molecular flexibility index (Phi) is 4.61. The van der Waals surface area contributed by atoms with Crippen molar-refractivity contribution in [2.75, 3.05) is 0 Å². The number of nitrogens with zero attached hydrogens (tertiary/aromatic N) is 2. The minimum absolute atomic E-state index is 0. The Hall–Kier alpha value is -0.770. The lowest BCUT2D eigenvalue weighted by Gasteiger charge is -1.92. The molecule has 0 radical (unpaired) electrons. The van der Waals surface area contributed by atoms with E-state index in [4.69, 9.17) is 5.41 Å². The lowest BCUT2D eigenvalue weighted by Crippen LogP contribution is -2.36. The van der Waals surface area contributed by atoms with E-state index >= 15 is 0 Å². The van der Waals surface area contributed by atoms with Gasteiger partial charge < -0.3 is 4.52 Å². The third kappa shape index (κ3) is 3.23. The second kappa shape index (κ2) is 4.96. The Morgan fingerprint density at radius 3 is 2.91 bits per heavy atom. The van der Waals surface area contributed by atoms with Crippen molar-refractivity contribution in [2.45, 2.75) is 26.3 Å². The molecule has 1 aromatic heterocycles. The van der Waals surface area contributed by atoms with Crippen LogP contribution in [0.25, 0.3) is 0 Å². The highest BCUT2D eigenvalue weighted by atomic mass is 35.5. The quantitative estimate of drug-likeness (QED) is 0.672. The summed E-state index contributed by atoms with van der Waals surface area (Å²) in [7, 11) is 0. The number of nitrogens with one attached hydrogen (secondary N) is 1. The summed E-state index contributed by atoms with van der Waals surface area (Å²) in [5, 5.41) is 10.6. The minimum atomic E-state index is 0. The fourth-order valence-corrected chi connectivity index (χ4v) is 0.704. The molecule has 0 amide bonds. The molecule has 1 N–H and O–H groups in total. The fraction of sp³-hybridized carbons (Fsp3) is 0.667. The van der Waals surface area contributed by atoms with Crippen molar-refractivity contribution in [1.29, 1.82) is 5.41 Å². The van der Waals surface area contributed by atoms with Crippen molar-refractivity contribution in [3.63, 3.8) is 0 Å². The van der Waals surface area contributed by atoms with E-state index in [0.717, 1.165) is 19.4 Å². The highest BCUT2D eigenvalue weighted by Gasteiger charge is 1.92. The van der Waals surface area contributed by atoms with Gasteiger partial charge in [-0.1, -0.05) is 13.3 Å². The third-order valence-corrected chi connectivity index (χ3v) is 1.25. The first-order valence-corrected chi connectivity index (χ1v) is 3.41. The molecule has 64 valence electrons. The van der Waals surface area contributed by atoms with Crippen LogP contribution in [0.1, 0.15) is 19.8 Å². The molecule has 0 unspecified atom stereocenters. The second-order valence-electron chi connectivity index (χ2n) is 2.18. The normalized spacial score (nSPS) is 9.18. The highest BCUT2D eigenvalue weighted by molar-refractivity contribution is 5.85. The van der Waals surface area contributed by atoms with Crippen LogP contribution in [0.15, 0.2) is 10.7 Å². The molecule has 0 saturated carbocycles. The van der Waals surface area contributed by atoms with Crippen LogP contribution in [0.5, 0.6) is 0 Å². The molecule has 1 aromatic rings. The van der Waals surface area contributed by atoms with Crippen LogP contribution >= 0.6 is 12.4 Å². The molecule has 0 aliphatic carbocycles. The molecular weight excluding hydrogens is 166 g/mol. The maximum absolute atomic E-state index is 7.00. The van der Waals surface area contributed by atoms with E-state index in [1.54, 1.807) is 10.9 Å². The summed E-state index contributed by atoms with van der Waals surface area (Å²) in [4.78, 5) is 0. The molecule has 5 heteroatoms. The van der Waals surface area contributed by atoms with Gasteiger partial charge in [0.1, 0.15) is 6.54 Å². The van der Waals surface area contributed by atoms with E-state index in [-0.39, 0.29) is 18.0 Å². The van der Waals surface area contributed by atoms with Gasteiger partial charge in [-0.15, -0.1) is 12.4 Å². The van der Waals surface area contributed by atoms with Gasteiger partial charge in [0.2, 0.25) is 6.20 Å². The molecule has 0 aliphatic heterocycles. The van der Waals surface area contributed by atoms with Crippen LogP contribution in [0, 0.1) is 5.41 Å². The second-order valence-corrected chi connectivity index (χ2v) is 2.18. The van der Waals surface area contributed by atoms with Gasteiger partial charge in [-0.2, -0.15) is 0 Å². The average molecular weight is 178 g/mol. The predicted molar refractivity (Wildman–Crippen MR) is 40.2 cm³/mol. The van der Waals surface area contributed by atoms with Crippen LogP contribution in [-0.2, 0) is 6.54 Å². The lowest BCUT2D eigenvalue weighted by molar-refractivity contribution is -0.767. The van der Waals surface area contributed by atoms with Crippen molar-refractivity contribution in [3.8, 4) is 0 Å². The summed E-state index contributed by atoms with van der Waals surface area (Å²) < 4.78 is 6.19. The summed E-state index contributed by atoms with van der Waals surface area (Å²) in [6, 6.07) is 0. The van der Waals surface area contributed by atoms with Gasteiger partial charge in [0.05, 0.1) is 0 Å². The Balaban J connectivity index is 0.000001000. The van der Waals surface area contributed by atoms with Gasteiger partial charge >= 0.3 is 0 Å². The highest BCUT2D eigenvalue weighted by Crippen LogP contribution is 1.82. The van der Waals surface area contributed by atoms with Gasteiger partial charge in [-0.3, -0.25) is 10.7 Å². The van der Waals surface area contributed by atoms with Crippen molar-refractivity contribution in [1.82, 2.24) is 5.27 Å². The number of aryl methyl sites for hydroxylation is 1. The van der Waals surface area contributed by atoms with E-state index in [9.17, 15) is 0 Å². The average Bonchev–Trinajstić information content (AvgIpc) is 2.31. The smallest absolute Gasteiger partial charge is 0.264 e. The Bertz CT molecular complexity index is 242. The number of unbranched alkanes of at least 4 members (excludes halogenated alkanes) is 1. The topological polar surface area (TPSA) is 55.0 Å². The first kappa shape index (κ1) is 10.2. The minimum Gasteiger partial charge on any atom is -0.487 e. The van der Waals surface area contributed by atoms with Crippen LogP contribution in [-0.4, -0.2) is 0 Å². The lowest BCUT2D eigenvalue weighted by atomic mass is 10.3. The van der Waals surface area contributed by atoms with Gasteiger partial charge in [0, 0.05) is 6.42 Å². The number of aromatic nitrogens is 2. The van der Waals surface area contributed by atoms with Gasteiger partial charge in [-0.05, 0) is 0 Å². The van der Waals surface area contributed by atoms with Crippen LogP contribution in [0.2, 0.25) is 0 Å². The Morgan fingerprint density at radius 1 is 1.73 bits per heavy atom. The van der Waals surface area contributed by atoms with Gasteiger partial charge in [0.25, 0.3) is 5.55 Å². The SMILES string of the molecule is CCCC[n+]1cc(=N)o[n-]1.Cl. The summed E-state index contributed by atoms with van der Waals surface area (Å²) in [6.45, 7) is 2.96. The zero-order valence-electron chi connectivity index (χ0n) is 6.41. The van der Waals surface area contributed by atoms with E-state index in [0.29, 0.717) is 0 Å². The molecule has 0 aliphatic rings. The number of hydrogen-bond acceptors (Lipinski definition) is 2. The molecule has 0 aromatic carbocycles. The van der Waals surface area contributed by atoms with E-state index < -0.39 is 0 Å². The molecular formula is C6H12ClN3O. The standard InChI is InChI=1S/C6H11N3O.ClH/c1-2-3-4-9-5-6(7)10-8-9;/h5,7H,2-4H2,1H3;1H. The van der Waals surface area contributed by atoms with E-state index in [1.165, 1.54) is 0 Å². The third-order valence-electron chi connectivity index (χ3n) is 1.25. The fourth-order valence-electron chi connectivity index (χ4n) is 0.704.